The van der Waals surface area contributed by atoms with Gasteiger partial charge < -0.3 is 11.1 Å². The molecule has 0 unspecified atom stereocenters. The Balaban J connectivity index is 0.00000200. The van der Waals surface area contributed by atoms with E-state index in [4.69, 9.17) is 5.73 Å². The average Bonchev–Trinajstić information content (AvgIpc) is 2.41. The maximum Gasteiger partial charge on any atom is 0.193 e. The Morgan fingerprint density at radius 1 is 1.20 bits per heavy atom. The van der Waals surface area contributed by atoms with Crippen molar-refractivity contribution in [3.05, 3.63) is 65.5 Å². The van der Waals surface area contributed by atoms with Crippen molar-refractivity contribution in [2.75, 3.05) is 5.32 Å². The van der Waals surface area contributed by atoms with Gasteiger partial charge in [-0.25, -0.2) is 9.38 Å². The van der Waals surface area contributed by atoms with Crippen LogP contribution in [-0.2, 0) is 6.54 Å². The second kappa shape index (κ2) is 7.84. The van der Waals surface area contributed by atoms with Gasteiger partial charge in [0, 0.05) is 5.69 Å². The number of rotatable bonds is 3. The van der Waals surface area contributed by atoms with Crippen LogP contribution in [-0.4, -0.2) is 5.96 Å². The van der Waals surface area contributed by atoms with Crippen LogP contribution in [0.15, 0.2) is 53.5 Å². The van der Waals surface area contributed by atoms with Gasteiger partial charge in [-0.2, -0.15) is 0 Å². The minimum absolute atomic E-state index is 0. The van der Waals surface area contributed by atoms with Gasteiger partial charge in [-0.1, -0.05) is 30.3 Å². The Bertz CT molecular complexity index is 585. The predicted octanol–water partition coefficient (Wildman–Crippen LogP) is 3.68. The molecule has 0 amide bonds. The van der Waals surface area contributed by atoms with Gasteiger partial charge in [-0.05, 0) is 36.2 Å². The molecule has 0 saturated carbocycles. The molecule has 2 rings (SSSR count). The number of nitrogens with two attached hydrogens (primary N) is 1. The van der Waals surface area contributed by atoms with Gasteiger partial charge in [-0.3, -0.25) is 0 Å². The zero-order valence-electron chi connectivity index (χ0n) is 11.1. The fraction of sp³-hybridized carbons (Fsp3) is 0.133. The number of aliphatic imine (C=N–C) groups is 1. The third-order valence-electron chi connectivity index (χ3n) is 2.71. The number of benzene rings is 2. The summed E-state index contributed by atoms with van der Waals surface area (Å²) in [5.41, 5.74) is 8.06. The van der Waals surface area contributed by atoms with Crippen molar-refractivity contribution in [3.8, 4) is 0 Å². The Morgan fingerprint density at radius 3 is 2.55 bits per heavy atom. The van der Waals surface area contributed by atoms with E-state index < -0.39 is 0 Å². The maximum absolute atomic E-state index is 13.4. The molecule has 0 atom stereocenters. The highest BCUT2D eigenvalue weighted by molar-refractivity contribution is 14.0. The van der Waals surface area contributed by atoms with Gasteiger partial charge >= 0.3 is 0 Å². The van der Waals surface area contributed by atoms with Gasteiger partial charge in [-0.15, -0.1) is 24.0 Å². The third kappa shape index (κ3) is 4.80. The Morgan fingerprint density at radius 2 is 1.90 bits per heavy atom. The van der Waals surface area contributed by atoms with Crippen molar-refractivity contribution in [3.63, 3.8) is 0 Å². The van der Waals surface area contributed by atoms with Crippen molar-refractivity contribution in [1.29, 1.82) is 0 Å². The summed E-state index contributed by atoms with van der Waals surface area (Å²) in [6.07, 6.45) is 0. The lowest BCUT2D eigenvalue weighted by Gasteiger charge is -2.05. The van der Waals surface area contributed by atoms with Gasteiger partial charge in [0.25, 0.3) is 0 Å². The van der Waals surface area contributed by atoms with Crippen molar-refractivity contribution in [2.45, 2.75) is 13.5 Å². The van der Waals surface area contributed by atoms with E-state index in [9.17, 15) is 4.39 Å². The first kappa shape index (κ1) is 16.4. The molecule has 0 aliphatic carbocycles. The minimum atomic E-state index is -0.220. The summed E-state index contributed by atoms with van der Waals surface area (Å²) in [7, 11) is 0. The molecular weight excluding hydrogens is 368 g/mol. The SMILES string of the molecule is Cc1ccc(CN=C(N)Nc2ccccc2)cc1F.I. The monoisotopic (exact) mass is 385 g/mol. The number of para-hydroxylation sites is 1. The zero-order chi connectivity index (χ0) is 13.7. The Labute approximate surface area is 135 Å². The van der Waals surface area contributed by atoms with Crippen LogP contribution in [0, 0.1) is 12.7 Å². The number of hydrogen-bond donors (Lipinski definition) is 2. The lowest BCUT2D eigenvalue weighted by atomic mass is 10.1. The van der Waals surface area contributed by atoms with Crippen molar-refractivity contribution in [1.82, 2.24) is 0 Å². The van der Waals surface area contributed by atoms with Crippen molar-refractivity contribution >= 4 is 35.6 Å². The first-order chi connectivity index (χ1) is 9.15. The first-order valence-corrected chi connectivity index (χ1v) is 6.02. The van der Waals surface area contributed by atoms with Crippen LogP contribution in [0.5, 0.6) is 0 Å². The summed E-state index contributed by atoms with van der Waals surface area (Å²) in [4.78, 5) is 4.18. The molecular formula is C15H17FIN3. The number of nitrogens with zero attached hydrogens (tertiary/aromatic N) is 1. The summed E-state index contributed by atoms with van der Waals surface area (Å²) in [5, 5.41) is 2.97. The summed E-state index contributed by atoms with van der Waals surface area (Å²) in [5.74, 6) is 0.0921. The molecule has 2 aromatic rings. The summed E-state index contributed by atoms with van der Waals surface area (Å²) in [6.45, 7) is 2.08. The molecule has 2 aromatic carbocycles. The highest BCUT2D eigenvalue weighted by Crippen LogP contribution is 2.10. The maximum atomic E-state index is 13.4. The fourth-order valence-corrected chi connectivity index (χ4v) is 1.62. The molecule has 106 valence electrons. The molecule has 0 radical (unpaired) electrons. The second-order valence-corrected chi connectivity index (χ2v) is 4.28. The molecule has 0 spiro atoms. The fourth-order valence-electron chi connectivity index (χ4n) is 1.62. The molecule has 3 N–H and O–H groups in total. The van der Waals surface area contributed by atoms with Crippen LogP contribution in [0.3, 0.4) is 0 Å². The number of anilines is 1. The van der Waals surface area contributed by atoms with E-state index in [1.165, 1.54) is 6.07 Å². The summed E-state index contributed by atoms with van der Waals surface area (Å²) < 4.78 is 13.4. The average molecular weight is 385 g/mol. The predicted molar refractivity (Wildman–Crippen MR) is 91.9 cm³/mol. The van der Waals surface area contributed by atoms with E-state index in [0.717, 1.165) is 11.3 Å². The Kier molecular flexibility index (Phi) is 6.44. The van der Waals surface area contributed by atoms with Crippen LogP contribution in [0.2, 0.25) is 0 Å². The molecule has 5 heteroatoms. The summed E-state index contributed by atoms with van der Waals surface area (Å²) in [6, 6.07) is 14.6. The van der Waals surface area contributed by atoms with E-state index in [1.807, 2.05) is 36.4 Å². The molecule has 0 aliphatic rings. The quantitative estimate of drug-likeness (QED) is 0.481. The van der Waals surface area contributed by atoms with Crippen LogP contribution >= 0.6 is 24.0 Å². The molecule has 0 heterocycles. The van der Waals surface area contributed by atoms with Crippen LogP contribution in [0.1, 0.15) is 11.1 Å². The van der Waals surface area contributed by atoms with Gasteiger partial charge in [0.05, 0.1) is 6.54 Å². The van der Waals surface area contributed by atoms with Gasteiger partial charge in [0.2, 0.25) is 0 Å². The van der Waals surface area contributed by atoms with E-state index in [0.29, 0.717) is 18.1 Å². The molecule has 0 aromatic heterocycles. The number of nitrogens with one attached hydrogen (secondary N) is 1. The molecule has 0 fully saturated rings. The first-order valence-electron chi connectivity index (χ1n) is 6.02. The van der Waals surface area contributed by atoms with Crippen LogP contribution in [0.4, 0.5) is 10.1 Å². The number of halogens is 2. The number of hydrogen-bond acceptors (Lipinski definition) is 1. The summed E-state index contributed by atoms with van der Waals surface area (Å²) >= 11 is 0. The number of guanidine groups is 1. The highest BCUT2D eigenvalue weighted by Gasteiger charge is 1.99. The van der Waals surface area contributed by atoms with Gasteiger partial charge in [0.15, 0.2) is 5.96 Å². The normalized spacial score (nSPS) is 10.8. The third-order valence-corrected chi connectivity index (χ3v) is 2.71. The smallest absolute Gasteiger partial charge is 0.193 e. The molecule has 20 heavy (non-hydrogen) atoms. The zero-order valence-corrected chi connectivity index (χ0v) is 13.5. The van der Waals surface area contributed by atoms with E-state index in [-0.39, 0.29) is 29.8 Å². The van der Waals surface area contributed by atoms with Crippen molar-refractivity contribution < 1.29 is 4.39 Å². The highest BCUT2D eigenvalue weighted by atomic mass is 127. The lowest BCUT2D eigenvalue weighted by molar-refractivity contribution is 0.616. The van der Waals surface area contributed by atoms with E-state index >= 15 is 0 Å². The molecule has 0 aliphatic heterocycles. The van der Waals surface area contributed by atoms with Gasteiger partial charge in [0.1, 0.15) is 5.82 Å². The Hall–Kier alpha value is -1.63. The van der Waals surface area contributed by atoms with Crippen LogP contribution in [0.25, 0.3) is 0 Å². The van der Waals surface area contributed by atoms with Crippen molar-refractivity contribution in [2.24, 2.45) is 10.7 Å². The van der Waals surface area contributed by atoms with E-state index in [2.05, 4.69) is 10.3 Å². The standard InChI is InChI=1S/C15H16FN3.HI/c1-11-7-8-12(9-14(11)16)10-18-15(17)19-13-5-3-2-4-6-13;/h2-9H,10H2,1H3,(H3,17,18,19);1H. The van der Waals surface area contributed by atoms with Crippen LogP contribution < -0.4 is 11.1 Å². The largest absolute Gasteiger partial charge is 0.370 e. The number of aryl methyl sites for hydroxylation is 1. The van der Waals surface area contributed by atoms with E-state index in [1.54, 1.807) is 13.0 Å². The molecule has 3 nitrogen and oxygen atoms in total. The molecule has 0 saturated heterocycles. The molecule has 0 bridgehead atoms. The lowest BCUT2D eigenvalue weighted by Crippen LogP contribution is -2.22. The topological polar surface area (TPSA) is 50.4 Å². The minimum Gasteiger partial charge on any atom is -0.370 e. The second-order valence-electron chi connectivity index (χ2n) is 4.28.